The molecule has 4 aromatic heterocycles. The fraction of sp³-hybridized carbons (Fsp3) is 0.348. The molecule has 0 radical (unpaired) electrons. The molecule has 160 valence electrons. The molecule has 0 aromatic carbocycles. The Morgan fingerprint density at radius 3 is 2.81 bits per heavy atom. The van der Waals surface area contributed by atoms with Gasteiger partial charge < -0.3 is 14.5 Å². The van der Waals surface area contributed by atoms with E-state index in [4.69, 9.17) is 14.7 Å². The number of rotatable bonds is 5. The first-order chi connectivity index (χ1) is 15.1. The van der Waals surface area contributed by atoms with Crippen molar-refractivity contribution in [3.8, 4) is 0 Å². The van der Waals surface area contributed by atoms with Gasteiger partial charge >= 0.3 is 0 Å². The van der Waals surface area contributed by atoms with E-state index in [9.17, 15) is 0 Å². The van der Waals surface area contributed by atoms with Gasteiger partial charge in [-0.1, -0.05) is 12.1 Å². The number of aromatic nitrogens is 4. The normalized spacial score (nSPS) is 17.3. The van der Waals surface area contributed by atoms with E-state index in [1.807, 2.05) is 43.3 Å². The molecule has 7 nitrogen and oxygen atoms in total. The zero-order valence-electron chi connectivity index (χ0n) is 18.0. The van der Waals surface area contributed by atoms with E-state index in [0.29, 0.717) is 6.61 Å². The molecule has 0 spiro atoms. The van der Waals surface area contributed by atoms with Gasteiger partial charge in [-0.25, -0.2) is 15.0 Å². The van der Waals surface area contributed by atoms with E-state index in [0.717, 1.165) is 53.3 Å². The number of hydrogen-bond acceptors (Lipinski definition) is 7. The third kappa shape index (κ3) is 4.19. The molecule has 4 aromatic rings. The zero-order chi connectivity index (χ0) is 21.4. The van der Waals surface area contributed by atoms with Crippen molar-refractivity contribution in [1.82, 2.24) is 24.3 Å². The number of aryl methyl sites for hydroxylation is 3. The predicted octanol–water partition coefficient (Wildman–Crippen LogP) is 4.43. The van der Waals surface area contributed by atoms with Gasteiger partial charge in [0.15, 0.2) is 5.13 Å². The Morgan fingerprint density at radius 2 is 1.97 bits per heavy atom. The Labute approximate surface area is 185 Å². The first-order valence-electron chi connectivity index (χ1n) is 10.5. The lowest BCUT2D eigenvalue weighted by molar-refractivity contribution is -0.0354. The smallest absolute Gasteiger partial charge is 0.188 e. The Bertz CT molecular complexity index is 1200. The fourth-order valence-electron chi connectivity index (χ4n) is 3.93. The molecule has 0 bridgehead atoms. The summed E-state index contributed by atoms with van der Waals surface area (Å²) in [6, 6.07) is 12.2. The second kappa shape index (κ2) is 8.37. The number of imidazole rings is 1. The lowest BCUT2D eigenvalue weighted by atomic mass is 10.1. The summed E-state index contributed by atoms with van der Waals surface area (Å²) in [5.74, 6) is 0.796. The molecule has 1 atom stereocenters. The summed E-state index contributed by atoms with van der Waals surface area (Å²) in [5.41, 5.74) is 5.29. The quantitative estimate of drug-likeness (QED) is 0.501. The van der Waals surface area contributed by atoms with Crippen molar-refractivity contribution < 1.29 is 4.74 Å². The molecule has 8 heteroatoms. The van der Waals surface area contributed by atoms with Gasteiger partial charge in [0, 0.05) is 30.7 Å². The van der Waals surface area contributed by atoms with Crippen molar-refractivity contribution >= 4 is 27.9 Å². The average molecular weight is 435 g/mol. The van der Waals surface area contributed by atoms with Gasteiger partial charge in [0.25, 0.3) is 0 Å². The van der Waals surface area contributed by atoms with E-state index in [2.05, 4.69) is 39.6 Å². The van der Waals surface area contributed by atoms with Gasteiger partial charge in [0.2, 0.25) is 0 Å². The Balaban J connectivity index is 1.31. The molecule has 5 rings (SSSR count). The summed E-state index contributed by atoms with van der Waals surface area (Å²) >= 11 is 1.65. The van der Waals surface area contributed by atoms with Crippen LogP contribution in [0.1, 0.15) is 33.8 Å². The second-order valence-corrected chi connectivity index (χ2v) is 9.10. The van der Waals surface area contributed by atoms with E-state index in [-0.39, 0.29) is 6.10 Å². The molecule has 0 amide bonds. The highest BCUT2D eigenvalue weighted by Gasteiger charge is 2.25. The maximum atomic E-state index is 6.09. The highest BCUT2D eigenvalue weighted by molar-refractivity contribution is 7.15. The van der Waals surface area contributed by atoms with Crippen LogP contribution in [0.25, 0.3) is 5.65 Å². The van der Waals surface area contributed by atoms with Crippen LogP contribution in [0, 0.1) is 20.8 Å². The van der Waals surface area contributed by atoms with E-state index in [1.54, 1.807) is 11.3 Å². The topological polar surface area (TPSA) is 67.6 Å². The van der Waals surface area contributed by atoms with Crippen LogP contribution in [0.2, 0.25) is 0 Å². The zero-order valence-corrected chi connectivity index (χ0v) is 18.8. The van der Waals surface area contributed by atoms with Crippen LogP contribution in [0.15, 0.2) is 42.6 Å². The van der Waals surface area contributed by atoms with Crippen LogP contribution < -0.4 is 5.32 Å². The maximum absolute atomic E-state index is 6.09. The summed E-state index contributed by atoms with van der Waals surface area (Å²) in [5, 5.41) is 4.21. The molecule has 5 heterocycles. The molecule has 1 N–H and O–H groups in total. The first-order valence-corrected chi connectivity index (χ1v) is 11.3. The molecular weight excluding hydrogens is 408 g/mol. The lowest BCUT2D eigenvalue weighted by Gasteiger charge is -2.32. The first kappa shape index (κ1) is 20.1. The number of ether oxygens (including phenoxy) is 1. The van der Waals surface area contributed by atoms with Gasteiger partial charge in [0.1, 0.15) is 17.6 Å². The number of anilines is 2. The van der Waals surface area contributed by atoms with E-state index >= 15 is 0 Å². The van der Waals surface area contributed by atoms with Crippen molar-refractivity contribution in [2.45, 2.75) is 33.4 Å². The van der Waals surface area contributed by atoms with Crippen LogP contribution in [0.4, 0.5) is 10.9 Å². The van der Waals surface area contributed by atoms with E-state index in [1.165, 1.54) is 10.6 Å². The number of fused-ring (bicyclic) bond motifs is 1. The molecule has 1 saturated heterocycles. The van der Waals surface area contributed by atoms with Gasteiger partial charge in [0.05, 0.1) is 29.4 Å². The molecule has 31 heavy (non-hydrogen) atoms. The summed E-state index contributed by atoms with van der Waals surface area (Å²) in [7, 11) is 0. The number of nitrogens with one attached hydrogen (secondary N) is 1. The molecule has 1 aliphatic heterocycles. The van der Waals surface area contributed by atoms with E-state index < -0.39 is 0 Å². The summed E-state index contributed by atoms with van der Waals surface area (Å²) in [6.45, 7) is 9.40. The van der Waals surface area contributed by atoms with Crippen molar-refractivity contribution in [2.24, 2.45) is 0 Å². The number of thiazole rings is 1. The number of hydrogen-bond donors (Lipinski definition) is 1. The minimum atomic E-state index is -0.0604. The van der Waals surface area contributed by atoms with Crippen LogP contribution in [0.5, 0.6) is 0 Å². The Kier molecular flexibility index (Phi) is 5.43. The summed E-state index contributed by atoms with van der Waals surface area (Å²) in [4.78, 5) is 17.7. The largest absolute Gasteiger partial charge is 0.369 e. The van der Waals surface area contributed by atoms with Crippen LogP contribution in [-0.2, 0) is 11.3 Å². The standard InChI is InChI=1S/C23H26N6OS/c1-15-17(3)31-23(25-15)27-21-8-6-7-18(26-21)20-14-28(11-12-30-20)13-19-16(2)24-22-9-4-5-10-29(19)22/h4-10,20H,11-14H2,1-3H3,(H,25,26,27). The molecule has 1 fully saturated rings. The van der Waals surface area contributed by atoms with Crippen molar-refractivity contribution in [3.63, 3.8) is 0 Å². The summed E-state index contributed by atoms with van der Waals surface area (Å²) in [6.07, 6.45) is 2.02. The average Bonchev–Trinajstić information content (AvgIpc) is 3.26. The van der Waals surface area contributed by atoms with Crippen LogP contribution in [-0.4, -0.2) is 43.9 Å². The highest BCUT2D eigenvalue weighted by Crippen LogP contribution is 2.27. The predicted molar refractivity (Wildman–Crippen MR) is 123 cm³/mol. The van der Waals surface area contributed by atoms with Gasteiger partial charge in [-0.3, -0.25) is 4.90 Å². The Hall–Kier alpha value is -2.81. The monoisotopic (exact) mass is 434 g/mol. The molecule has 0 aliphatic carbocycles. The van der Waals surface area contributed by atoms with Crippen molar-refractivity contribution in [2.75, 3.05) is 25.0 Å². The fourth-order valence-corrected chi connectivity index (χ4v) is 4.75. The maximum Gasteiger partial charge on any atom is 0.188 e. The third-order valence-electron chi connectivity index (χ3n) is 5.72. The molecule has 0 saturated carbocycles. The van der Waals surface area contributed by atoms with Crippen LogP contribution >= 0.6 is 11.3 Å². The summed E-state index contributed by atoms with van der Waals surface area (Å²) < 4.78 is 8.27. The number of morpholine rings is 1. The minimum absolute atomic E-state index is 0.0604. The molecule has 1 unspecified atom stereocenters. The Morgan fingerprint density at radius 1 is 1.06 bits per heavy atom. The number of nitrogens with zero attached hydrogens (tertiary/aromatic N) is 5. The lowest BCUT2D eigenvalue weighted by Crippen LogP contribution is -2.38. The second-order valence-electron chi connectivity index (χ2n) is 7.90. The van der Waals surface area contributed by atoms with Gasteiger partial charge in [-0.05, 0) is 45.0 Å². The van der Waals surface area contributed by atoms with Gasteiger partial charge in [-0.2, -0.15) is 0 Å². The van der Waals surface area contributed by atoms with Crippen molar-refractivity contribution in [1.29, 1.82) is 0 Å². The minimum Gasteiger partial charge on any atom is -0.369 e. The van der Waals surface area contributed by atoms with Crippen LogP contribution in [0.3, 0.4) is 0 Å². The third-order valence-corrected chi connectivity index (χ3v) is 6.71. The molecular formula is C23H26N6OS. The SMILES string of the molecule is Cc1nc(Nc2cccc(C3CN(Cc4c(C)nc5ccccn45)CCO3)n2)sc1C. The number of pyridine rings is 2. The van der Waals surface area contributed by atoms with Crippen molar-refractivity contribution in [3.05, 3.63) is 70.2 Å². The molecule has 1 aliphatic rings. The van der Waals surface area contributed by atoms with Gasteiger partial charge in [-0.15, -0.1) is 11.3 Å². The highest BCUT2D eigenvalue weighted by atomic mass is 32.1.